The summed E-state index contributed by atoms with van der Waals surface area (Å²) in [6.45, 7) is 5.80. The second kappa shape index (κ2) is 5.47. The number of esters is 1. The van der Waals surface area contributed by atoms with Gasteiger partial charge in [0.2, 0.25) is 5.76 Å². The number of fused-ring (bicyclic) bond motifs is 1. The normalized spacial score (nSPS) is 23.7. The fourth-order valence-electron chi connectivity index (χ4n) is 2.55. The summed E-state index contributed by atoms with van der Waals surface area (Å²) in [5.74, 6) is -1.15. The molecule has 7 nitrogen and oxygen atoms in total. The van der Waals surface area contributed by atoms with Crippen molar-refractivity contribution < 1.29 is 27.6 Å². The monoisotopic (exact) mass is 329 g/mol. The summed E-state index contributed by atoms with van der Waals surface area (Å²) in [5, 5.41) is 3.44. The molecule has 3 rings (SSSR count). The maximum atomic E-state index is 12.8. The summed E-state index contributed by atoms with van der Waals surface area (Å²) < 4.78 is 36.3. The van der Waals surface area contributed by atoms with Crippen LogP contribution in [0, 0.1) is 5.92 Å². The van der Waals surface area contributed by atoms with E-state index >= 15 is 0 Å². The largest absolute Gasteiger partial charge is 0.454 e. The van der Waals surface area contributed by atoms with Gasteiger partial charge >= 0.3 is 5.97 Å². The minimum absolute atomic E-state index is 0.0318. The highest BCUT2D eigenvalue weighted by molar-refractivity contribution is 5.91. The minimum Gasteiger partial charge on any atom is -0.454 e. The van der Waals surface area contributed by atoms with Gasteiger partial charge in [-0.05, 0) is 20.8 Å². The van der Waals surface area contributed by atoms with Crippen molar-refractivity contribution in [2.45, 2.75) is 38.9 Å². The van der Waals surface area contributed by atoms with E-state index < -0.39 is 30.0 Å². The van der Waals surface area contributed by atoms with Gasteiger partial charge in [-0.15, -0.1) is 0 Å². The Morgan fingerprint density at radius 1 is 1.43 bits per heavy atom. The zero-order valence-electron chi connectivity index (χ0n) is 13.0. The van der Waals surface area contributed by atoms with E-state index in [-0.39, 0.29) is 24.0 Å². The van der Waals surface area contributed by atoms with Crippen LogP contribution in [0.4, 0.5) is 14.8 Å². The van der Waals surface area contributed by atoms with Crippen molar-refractivity contribution in [2.75, 3.05) is 18.0 Å². The Hall–Kier alpha value is -2.19. The number of nitrogens with zero attached hydrogens (tertiary/aromatic N) is 3. The number of halogens is 2. The third-order valence-electron chi connectivity index (χ3n) is 3.53. The maximum absolute atomic E-state index is 12.8. The van der Waals surface area contributed by atoms with E-state index in [1.54, 1.807) is 25.7 Å². The molecule has 1 aromatic heterocycles. The Kier molecular flexibility index (Phi) is 3.73. The van der Waals surface area contributed by atoms with Crippen LogP contribution in [0.5, 0.6) is 0 Å². The molecule has 9 heteroatoms. The van der Waals surface area contributed by atoms with Gasteiger partial charge in [-0.1, -0.05) is 5.16 Å². The van der Waals surface area contributed by atoms with Crippen LogP contribution >= 0.6 is 0 Å². The summed E-state index contributed by atoms with van der Waals surface area (Å²) in [7, 11) is 0. The van der Waals surface area contributed by atoms with E-state index in [1.807, 2.05) is 0 Å². The lowest BCUT2D eigenvalue weighted by Crippen LogP contribution is -2.26. The number of oxazole rings is 1. The van der Waals surface area contributed by atoms with Crippen molar-refractivity contribution in [1.82, 2.24) is 4.98 Å². The van der Waals surface area contributed by atoms with Gasteiger partial charge in [-0.25, -0.2) is 18.6 Å². The van der Waals surface area contributed by atoms with E-state index in [2.05, 4.69) is 10.1 Å². The highest BCUT2D eigenvalue weighted by Gasteiger charge is 2.46. The Balaban J connectivity index is 1.68. The van der Waals surface area contributed by atoms with E-state index in [9.17, 15) is 13.6 Å². The molecule has 2 atom stereocenters. The van der Waals surface area contributed by atoms with Crippen molar-refractivity contribution in [3.63, 3.8) is 0 Å². The molecule has 0 aliphatic carbocycles. The summed E-state index contributed by atoms with van der Waals surface area (Å²) in [6, 6.07) is 0.178. The summed E-state index contributed by atoms with van der Waals surface area (Å²) in [6.07, 6.45) is -1.83. The first-order valence-electron chi connectivity index (χ1n) is 7.20. The van der Waals surface area contributed by atoms with Crippen LogP contribution in [0.3, 0.4) is 0 Å². The molecule has 0 bridgehead atoms. The molecular weight excluding hydrogens is 312 g/mol. The molecule has 0 aromatic carbocycles. The average Bonchev–Trinajstić information content (AvgIpc) is 3.10. The van der Waals surface area contributed by atoms with Gasteiger partial charge in [0.05, 0.1) is 18.7 Å². The van der Waals surface area contributed by atoms with E-state index in [1.165, 1.54) is 6.20 Å². The molecule has 0 radical (unpaired) electrons. The quantitative estimate of drug-likeness (QED) is 0.790. The lowest BCUT2D eigenvalue weighted by molar-refractivity contribution is 0.00366. The van der Waals surface area contributed by atoms with Crippen LogP contribution in [0.1, 0.15) is 31.3 Å². The molecule has 1 saturated heterocycles. The lowest BCUT2D eigenvalue weighted by Gasteiger charge is -2.18. The molecule has 0 spiro atoms. The third-order valence-corrected chi connectivity index (χ3v) is 3.53. The molecule has 0 saturated carbocycles. The molecule has 0 N–H and O–H groups in total. The number of oxime groups is 1. The van der Waals surface area contributed by atoms with Crippen molar-refractivity contribution >= 4 is 17.7 Å². The molecule has 1 aromatic rings. The van der Waals surface area contributed by atoms with Crippen molar-refractivity contribution in [3.05, 3.63) is 12.0 Å². The van der Waals surface area contributed by atoms with E-state index in [0.717, 1.165) is 0 Å². The number of carbonyl (C=O) groups is 1. The Morgan fingerprint density at radius 3 is 2.83 bits per heavy atom. The number of rotatable bonds is 3. The Morgan fingerprint density at radius 2 is 2.17 bits per heavy atom. The molecule has 0 amide bonds. The maximum Gasteiger partial charge on any atom is 0.376 e. The standard InChI is InChI=1S/C14H17F2N3O4/c1-14(2,3)22-12(20)8-4-17-13(21-8)19-5-7-9(6-19)23-18-10(7)11(15)16/h4,7,9,11H,5-6H2,1-3H3. The fraction of sp³-hybridized carbons (Fsp3) is 0.643. The highest BCUT2D eigenvalue weighted by Crippen LogP contribution is 2.32. The number of ether oxygens (including phenoxy) is 1. The van der Waals surface area contributed by atoms with Crippen LogP contribution in [0.25, 0.3) is 0 Å². The van der Waals surface area contributed by atoms with Crippen LogP contribution in [0.15, 0.2) is 15.8 Å². The van der Waals surface area contributed by atoms with Crippen LogP contribution in [-0.2, 0) is 9.57 Å². The molecule has 23 heavy (non-hydrogen) atoms. The first-order chi connectivity index (χ1) is 10.7. The molecule has 2 aliphatic heterocycles. The highest BCUT2D eigenvalue weighted by atomic mass is 19.3. The van der Waals surface area contributed by atoms with Crippen LogP contribution < -0.4 is 4.90 Å². The number of aromatic nitrogens is 1. The van der Waals surface area contributed by atoms with Crippen molar-refractivity contribution in [2.24, 2.45) is 11.1 Å². The Bertz CT molecular complexity index is 638. The molecule has 2 unspecified atom stereocenters. The van der Waals surface area contributed by atoms with E-state index in [4.69, 9.17) is 14.0 Å². The first-order valence-corrected chi connectivity index (χ1v) is 7.20. The smallest absolute Gasteiger partial charge is 0.376 e. The topological polar surface area (TPSA) is 77.2 Å². The molecular formula is C14H17F2N3O4. The molecule has 2 aliphatic rings. The molecule has 3 heterocycles. The molecule has 1 fully saturated rings. The van der Waals surface area contributed by atoms with Gasteiger partial charge in [0, 0.05) is 6.54 Å². The SMILES string of the molecule is CC(C)(C)OC(=O)c1cnc(N2CC3ON=C(C(F)F)C3C2)o1. The summed E-state index contributed by atoms with van der Waals surface area (Å²) >= 11 is 0. The molecule has 126 valence electrons. The van der Waals surface area contributed by atoms with Gasteiger partial charge in [0.1, 0.15) is 11.3 Å². The van der Waals surface area contributed by atoms with Crippen LogP contribution in [-0.4, -0.2) is 47.9 Å². The zero-order valence-corrected chi connectivity index (χ0v) is 13.0. The number of hydrogen-bond donors (Lipinski definition) is 0. The number of carbonyl (C=O) groups excluding carboxylic acids is 1. The van der Waals surface area contributed by atoms with Crippen LogP contribution in [0.2, 0.25) is 0 Å². The number of hydrogen-bond acceptors (Lipinski definition) is 7. The third kappa shape index (κ3) is 3.13. The fourth-order valence-corrected chi connectivity index (χ4v) is 2.55. The van der Waals surface area contributed by atoms with Gasteiger partial charge in [-0.2, -0.15) is 0 Å². The second-order valence-electron chi connectivity index (χ2n) is 6.48. The summed E-state index contributed by atoms with van der Waals surface area (Å²) in [4.78, 5) is 22.6. The van der Waals surface area contributed by atoms with E-state index in [0.29, 0.717) is 6.54 Å². The van der Waals surface area contributed by atoms with Gasteiger partial charge in [0.25, 0.3) is 12.4 Å². The van der Waals surface area contributed by atoms with Crippen molar-refractivity contribution in [3.8, 4) is 0 Å². The minimum atomic E-state index is -2.65. The number of anilines is 1. The van der Waals surface area contributed by atoms with Gasteiger partial charge in [-0.3, -0.25) is 0 Å². The van der Waals surface area contributed by atoms with Gasteiger partial charge < -0.3 is 18.9 Å². The van der Waals surface area contributed by atoms with Gasteiger partial charge in [0.15, 0.2) is 6.10 Å². The Labute approximate surface area is 131 Å². The average molecular weight is 329 g/mol. The lowest BCUT2D eigenvalue weighted by atomic mass is 10.0. The first kappa shape index (κ1) is 15.7. The zero-order chi connectivity index (χ0) is 16.8. The van der Waals surface area contributed by atoms with Crippen molar-refractivity contribution in [1.29, 1.82) is 0 Å². The predicted molar refractivity (Wildman–Crippen MR) is 75.7 cm³/mol. The second-order valence-corrected chi connectivity index (χ2v) is 6.48. The predicted octanol–water partition coefficient (Wildman–Crippen LogP) is 2.09. The summed E-state index contributed by atoms with van der Waals surface area (Å²) in [5.41, 5.74) is -0.901. The number of alkyl halides is 2.